The van der Waals surface area contributed by atoms with Crippen LogP contribution in [0.5, 0.6) is 11.5 Å². The third-order valence-electron chi connectivity index (χ3n) is 3.26. The zero-order valence-corrected chi connectivity index (χ0v) is 13.7. The van der Waals surface area contributed by atoms with Gasteiger partial charge >= 0.3 is 0 Å². The predicted octanol–water partition coefficient (Wildman–Crippen LogP) is 4.27. The highest BCUT2D eigenvalue weighted by atomic mass is 35.5. The van der Waals surface area contributed by atoms with Crippen LogP contribution in [0, 0.1) is 11.3 Å². The van der Waals surface area contributed by atoms with Gasteiger partial charge in [0, 0.05) is 21.8 Å². The van der Waals surface area contributed by atoms with Crippen LogP contribution in [-0.2, 0) is 4.79 Å². The van der Waals surface area contributed by atoms with E-state index in [1.165, 1.54) is 6.08 Å². The number of amides is 1. The van der Waals surface area contributed by atoms with Gasteiger partial charge in [-0.1, -0.05) is 29.3 Å². The Morgan fingerprint density at radius 3 is 2.71 bits per heavy atom. The molecule has 0 aromatic heterocycles. The monoisotopic (exact) mass is 360 g/mol. The molecule has 1 aliphatic heterocycles. The summed E-state index contributed by atoms with van der Waals surface area (Å²) < 4.78 is 10.5. The van der Waals surface area contributed by atoms with Crippen LogP contribution in [0.2, 0.25) is 10.0 Å². The van der Waals surface area contributed by atoms with Crippen LogP contribution >= 0.6 is 23.2 Å². The van der Waals surface area contributed by atoms with Crippen LogP contribution in [0.25, 0.3) is 6.08 Å². The first-order valence-electron chi connectivity index (χ1n) is 6.84. The molecule has 24 heavy (non-hydrogen) atoms. The highest BCUT2D eigenvalue weighted by Crippen LogP contribution is 2.34. The maximum absolute atomic E-state index is 12.3. The Bertz CT molecular complexity index is 888. The highest BCUT2D eigenvalue weighted by Gasteiger charge is 2.16. The molecule has 0 fully saturated rings. The van der Waals surface area contributed by atoms with E-state index in [2.05, 4.69) is 5.32 Å². The summed E-state index contributed by atoms with van der Waals surface area (Å²) >= 11 is 11.9. The molecule has 1 heterocycles. The molecule has 2 aromatic carbocycles. The lowest BCUT2D eigenvalue weighted by molar-refractivity contribution is -0.112. The molecule has 0 unspecified atom stereocenters. The second kappa shape index (κ2) is 6.83. The molecule has 2 aromatic rings. The average Bonchev–Trinajstić information content (AvgIpc) is 3.01. The maximum Gasteiger partial charge on any atom is 0.266 e. The summed E-state index contributed by atoms with van der Waals surface area (Å²) in [5.41, 5.74) is 0.933. The number of carbonyl (C=O) groups excluding carboxylic acids is 1. The van der Waals surface area contributed by atoms with Crippen molar-refractivity contribution in [1.29, 1.82) is 5.26 Å². The molecule has 0 saturated carbocycles. The van der Waals surface area contributed by atoms with E-state index >= 15 is 0 Å². The Hall–Kier alpha value is -2.68. The average molecular weight is 361 g/mol. The molecule has 1 aliphatic rings. The van der Waals surface area contributed by atoms with E-state index in [-0.39, 0.29) is 12.4 Å². The lowest BCUT2D eigenvalue weighted by atomic mass is 10.1. The van der Waals surface area contributed by atoms with E-state index < -0.39 is 5.91 Å². The van der Waals surface area contributed by atoms with Crippen molar-refractivity contribution in [2.24, 2.45) is 0 Å². The summed E-state index contributed by atoms with van der Waals surface area (Å²) in [7, 11) is 0. The van der Waals surface area contributed by atoms with Crippen molar-refractivity contribution in [3.8, 4) is 17.6 Å². The lowest BCUT2D eigenvalue weighted by Crippen LogP contribution is -2.13. The summed E-state index contributed by atoms with van der Waals surface area (Å²) in [4.78, 5) is 12.3. The number of hydrogen-bond donors (Lipinski definition) is 1. The fraction of sp³-hybridized carbons (Fsp3) is 0.0588. The van der Waals surface area contributed by atoms with Crippen LogP contribution in [0.4, 0.5) is 5.69 Å². The van der Waals surface area contributed by atoms with Crippen molar-refractivity contribution in [3.05, 3.63) is 57.6 Å². The van der Waals surface area contributed by atoms with Crippen LogP contribution < -0.4 is 14.8 Å². The SMILES string of the molecule is N#C/C(=C\c1ccc(Cl)cc1Cl)C(=O)Nc1ccc2c(c1)OCO2. The van der Waals surface area contributed by atoms with E-state index in [9.17, 15) is 10.1 Å². The van der Waals surface area contributed by atoms with Gasteiger partial charge in [-0.2, -0.15) is 5.26 Å². The molecular weight excluding hydrogens is 351 g/mol. The highest BCUT2D eigenvalue weighted by molar-refractivity contribution is 6.35. The van der Waals surface area contributed by atoms with Gasteiger partial charge in [0.05, 0.1) is 0 Å². The fourth-order valence-electron chi connectivity index (χ4n) is 2.10. The van der Waals surface area contributed by atoms with Gasteiger partial charge in [-0.05, 0) is 35.9 Å². The molecule has 0 radical (unpaired) electrons. The summed E-state index contributed by atoms with van der Waals surface area (Å²) in [6.45, 7) is 0.144. The number of carbonyl (C=O) groups is 1. The molecule has 0 bridgehead atoms. The molecule has 0 spiro atoms. The number of fused-ring (bicyclic) bond motifs is 1. The number of ether oxygens (including phenoxy) is 2. The van der Waals surface area contributed by atoms with E-state index in [4.69, 9.17) is 32.7 Å². The van der Waals surface area contributed by atoms with Gasteiger partial charge in [-0.3, -0.25) is 4.79 Å². The Morgan fingerprint density at radius 2 is 1.96 bits per heavy atom. The molecular formula is C17H10Cl2N2O3. The van der Waals surface area contributed by atoms with Gasteiger partial charge in [-0.25, -0.2) is 0 Å². The number of hydrogen-bond acceptors (Lipinski definition) is 4. The van der Waals surface area contributed by atoms with Crippen molar-refractivity contribution >= 4 is 40.9 Å². The van der Waals surface area contributed by atoms with Crippen molar-refractivity contribution in [3.63, 3.8) is 0 Å². The summed E-state index contributed by atoms with van der Waals surface area (Å²) in [5.74, 6) is 0.593. The third kappa shape index (κ3) is 3.46. The topological polar surface area (TPSA) is 71.4 Å². The first-order chi connectivity index (χ1) is 11.6. The zero-order valence-electron chi connectivity index (χ0n) is 12.2. The molecule has 3 rings (SSSR count). The molecule has 1 N–H and O–H groups in total. The quantitative estimate of drug-likeness (QED) is 0.655. The van der Waals surface area contributed by atoms with Crippen LogP contribution in [0.3, 0.4) is 0 Å². The second-order valence-corrected chi connectivity index (χ2v) is 5.70. The minimum absolute atomic E-state index is 0.0862. The Morgan fingerprint density at radius 1 is 1.17 bits per heavy atom. The van der Waals surface area contributed by atoms with Gasteiger partial charge in [-0.15, -0.1) is 0 Å². The summed E-state index contributed by atoms with van der Waals surface area (Å²) in [6.07, 6.45) is 1.40. The Labute approximate surface area is 148 Å². The van der Waals surface area contributed by atoms with Gasteiger partial charge in [0.2, 0.25) is 6.79 Å². The number of nitrogens with zero attached hydrogens (tertiary/aromatic N) is 1. The van der Waals surface area contributed by atoms with E-state index in [0.29, 0.717) is 32.8 Å². The molecule has 5 nitrogen and oxygen atoms in total. The third-order valence-corrected chi connectivity index (χ3v) is 3.82. The van der Waals surface area contributed by atoms with E-state index in [1.807, 2.05) is 6.07 Å². The predicted molar refractivity (Wildman–Crippen MR) is 91.2 cm³/mol. The van der Waals surface area contributed by atoms with Crippen molar-refractivity contribution in [2.75, 3.05) is 12.1 Å². The van der Waals surface area contributed by atoms with E-state index in [0.717, 1.165) is 0 Å². The molecule has 120 valence electrons. The number of anilines is 1. The molecule has 0 saturated heterocycles. The first kappa shape index (κ1) is 16.2. The standard InChI is InChI=1S/C17H10Cl2N2O3/c18-12-2-1-10(14(19)6-12)5-11(8-20)17(22)21-13-3-4-15-16(7-13)24-9-23-15/h1-7H,9H2,(H,21,22)/b11-5+. The molecule has 7 heteroatoms. The van der Waals surface area contributed by atoms with Crippen molar-refractivity contribution < 1.29 is 14.3 Å². The smallest absolute Gasteiger partial charge is 0.266 e. The largest absolute Gasteiger partial charge is 0.454 e. The Balaban J connectivity index is 1.82. The van der Waals surface area contributed by atoms with Crippen LogP contribution in [0.15, 0.2) is 42.0 Å². The molecule has 1 amide bonds. The summed E-state index contributed by atoms with van der Waals surface area (Å²) in [6, 6.07) is 11.6. The summed E-state index contributed by atoms with van der Waals surface area (Å²) in [5, 5.41) is 12.7. The zero-order chi connectivity index (χ0) is 17.1. The van der Waals surface area contributed by atoms with Crippen LogP contribution in [-0.4, -0.2) is 12.7 Å². The van der Waals surface area contributed by atoms with E-state index in [1.54, 1.807) is 36.4 Å². The number of nitrogens with one attached hydrogen (secondary N) is 1. The first-order valence-corrected chi connectivity index (χ1v) is 7.60. The number of rotatable bonds is 3. The molecule has 0 aliphatic carbocycles. The lowest BCUT2D eigenvalue weighted by Gasteiger charge is -2.06. The fourth-order valence-corrected chi connectivity index (χ4v) is 2.56. The minimum atomic E-state index is -0.553. The Kier molecular flexibility index (Phi) is 4.61. The van der Waals surface area contributed by atoms with Crippen LogP contribution in [0.1, 0.15) is 5.56 Å². The normalized spacial score (nSPS) is 12.6. The second-order valence-electron chi connectivity index (χ2n) is 4.86. The van der Waals surface area contributed by atoms with Gasteiger partial charge in [0.25, 0.3) is 5.91 Å². The maximum atomic E-state index is 12.3. The number of halogens is 2. The van der Waals surface area contributed by atoms with Crippen molar-refractivity contribution in [1.82, 2.24) is 0 Å². The van der Waals surface area contributed by atoms with Gasteiger partial charge in [0.1, 0.15) is 11.6 Å². The molecule has 0 atom stereocenters. The number of benzene rings is 2. The van der Waals surface area contributed by atoms with Gasteiger partial charge < -0.3 is 14.8 Å². The van der Waals surface area contributed by atoms with Gasteiger partial charge in [0.15, 0.2) is 11.5 Å². The number of nitriles is 1. The van der Waals surface area contributed by atoms with Crippen molar-refractivity contribution in [2.45, 2.75) is 0 Å². The minimum Gasteiger partial charge on any atom is -0.454 e.